The van der Waals surface area contributed by atoms with Crippen LogP contribution >= 0.6 is 11.6 Å². The quantitative estimate of drug-likeness (QED) is 0.0101. The fourth-order valence-corrected chi connectivity index (χ4v) is 11.0. The minimum Gasteiger partial charge on any atom is -0.445 e. The molecule has 7 aromatic rings. The second-order valence-corrected chi connectivity index (χ2v) is 27.7. The SMILES string of the molecule is NCCN(CCN)CCOCCOCCN(CCN)CCN.NCCOCCOCCN.O=C(Cl)c1cccc(=O)n1OCc1ccccc1.O=C(NCCN(CCNC(=O)OCc1ccccc1)CCOCCOCCN(CCNC(=O)OCc1ccccc1)CCNC(=O)OCc1ccccc1)OCc1ccccc1.O=C(OCc1ccccc1)N1CC1. The summed E-state index contributed by atoms with van der Waals surface area (Å²) in [5.41, 5.74) is 37.6. The van der Waals surface area contributed by atoms with Gasteiger partial charge in [0.05, 0.1) is 79.3 Å². The van der Waals surface area contributed by atoms with E-state index >= 15 is 0 Å². The standard InChI is InChI=1S/C46H60N6O10.C14H36N6O2.C13H10ClNO3.C10H11NO2.C6H16N2O2/c53-43(59-35-39-13-5-1-6-14-39)47-21-25-51(26-22-48-44(54)60-36-40-15-7-2-8-16-40)29-31-57-33-34-58-32-30-52(27-23-49-45(55)61-37-41-17-9-3-10-18-41)28-24-50-46(56)62-38-42-19-11-4-12-20-42;15-1-5-19(6-2-16)9-11-21-13-14-22-12-10-20(7-3-17)8-4-18;14-13(17)11-7-4-8-12(16)15(11)18-9-10-5-2-1-3-6-10;12-10(11-6-7-11)13-8-9-4-2-1-3-5-9;7-1-3-9-5-6-10-4-2-8/h1-20H,21-38H2,(H,47,53)(H,48,54)(H,49,55)(H,50,56);1-18H2;1-8H,9H2;1-5H,6-8H2;1-8H2. The number of nitrogens with zero attached hydrogens (tertiary/aromatic N) is 6. The average Bonchev–Trinajstić information content (AvgIpc) is 1.80. The molecule has 16 N–H and O–H groups in total. The summed E-state index contributed by atoms with van der Waals surface area (Å²) >= 11 is 5.38. The molecule has 0 saturated carbocycles. The number of nitrogens with one attached hydrogen (secondary N) is 4. The van der Waals surface area contributed by atoms with Gasteiger partial charge in [0.25, 0.3) is 10.8 Å². The van der Waals surface area contributed by atoms with E-state index in [0.717, 1.165) is 90.5 Å². The number of carbonyl (C=O) groups is 6. The van der Waals surface area contributed by atoms with Crippen LogP contribution in [0.25, 0.3) is 0 Å². The molecule has 1 fully saturated rings. The fourth-order valence-electron chi connectivity index (χ4n) is 10.9. The van der Waals surface area contributed by atoms with Gasteiger partial charge >= 0.3 is 30.5 Å². The van der Waals surface area contributed by atoms with Crippen molar-refractivity contribution in [3.05, 3.63) is 250 Å². The molecular weight excluding hydrogens is 1630 g/mol. The largest absolute Gasteiger partial charge is 0.445 e. The summed E-state index contributed by atoms with van der Waals surface area (Å²) in [5, 5.41) is 10.4. The van der Waals surface area contributed by atoms with E-state index in [1.807, 2.05) is 182 Å². The van der Waals surface area contributed by atoms with Crippen LogP contribution in [0.4, 0.5) is 24.0 Å². The van der Waals surface area contributed by atoms with Crippen LogP contribution in [-0.2, 0) is 91.7 Å². The molecule has 0 radical (unpaired) electrons. The molecule has 8 rings (SSSR count). The molecule has 5 amide bonds. The van der Waals surface area contributed by atoms with Crippen molar-refractivity contribution in [3.8, 4) is 0 Å². The third-order valence-electron chi connectivity index (χ3n) is 17.5. The summed E-state index contributed by atoms with van der Waals surface area (Å²) in [5.74, 6) is 0. The Morgan fingerprint density at radius 1 is 0.296 bits per heavy atom. The lowest BCUT2D eigenvalue weighted by Crippen LogP contribution is -2.41. The molecule has 2 heterocycles. The Kier molecular flexibility index (Phi) is 62.5. The van der Waals surface area contributed by atoms with Crippen LogP contribution in [0, 0.1) is 0 Å². The molecule has 6 aromatic carbocycles. The first-order valence-corrected chi connectivity index (χ1v) is 42.4. The summed E-state index contributed by atoms with van der Waals surface area (Å²) in [6, 6.07) is 61.0. The summed E-state index contributed by atoms with van der Waals surface area (Å²) in [4.78, 5) is 98.5. The molecule has 1 aliphatic rings. The maximum absolute atomic E-state index is 12.3. The Morgan fingerprint density at radius 2 is 0.552 bits per heavy atom. The lowest BCUT2D eigenvalue weighted by Gasteiger charge is -2.23. The van der Waals surface area contributed by atoms with Gasteiger partial charge in [0.15, 0.2) is 0 Å². The lowest BCUT2D eigenvalue weighted by atomic mass is 10.2. The maximum atomic E-state index is 12.3. The van der Waals surface area contributed by atoms with Gasteiger partial charge in [0.2, 0.25) is 0 Å². The number of rotatable bonds is 59. The highest BCUT2D eigenvalue weighted by Gasteiger charge is 2.25. The van der Waals surface area contributed by atoms with Crippen LogP contribution in [0.1, 0.15) is 43.9 Å². The molecule has 0 bridgehead atoms. The topological polar surface area (TPSA) is 455 Å². The summed E-state index contributed by atoms with van der Waals surface area (Å²) < 4.78 is 60.2. The molecule has 690 valence electrons. The zero-order chi connectivity index (χ0) is 89.9. The normalized spacial score (nSPS) is 11.1. The number of hydrogen-bond acceptors (Lipinski definition) is 29. The number of hydrogen-bond donors (Lipinski definition) is 10. The third-order valence-corrected chi connectivity index (χ3v) is 17.7. The fraction of sp³-hybridized carbons (Fsp3) is 0.472. The van der Waals surface area contributed by atoms with Gasteiger partial charge in [-0.15, -0.1) is 4.73 Å². The molecule has 0 spiro atoms. The molecule has 1 aliphatic heterocycles. The van der Waals surface area contributed by atoms with E-state index in [2.05, 4.69) is 40.9 Å². The summed E-state index contributed by atoms with van der Waals surface area (Å²) in [7, 11) is 0. The first-order valence-electron chi connectivity index (χ1n) is 42.1. The third kappa shape index (κ3) is 57.1. The van der Waals surface area contributed by atoms with E-state index in [9.17, 15) is 33.6 Å². The maximum Gasteiger partial charge on any atom is 0.410 e. The Balaban J connectivity index is 0.000000414. The predicted molar refractivity (Wildman–Crippen MR) is 479 cm³/mol. The van der Waals surface area contributed by atoms with Crippen molar-refractivity contribution in [2.45, 2.75) is 39.6 Å². The minimum absolute atomic E-state index is 0.0140. The average molecular weight is 1770 g/mol. The number of alkyl carbamates (subject to hydrolysis) is 4. The van der Waals surface area contributed by atoms with E-state index < -0.39 is 35.2 Å². The van der Waals surface area contributed by atoms with Crippen LogP contribution < -0.4 is 66.1 Å². The number of benzene rings is 6. The van der Waals surface area contributed by atoms with E-state index in [1.54, 1.807) is 4.90 Å². The monoisotopic (exact) mass is 1760 g/mol. The molecule has 1 aromatic heterocycles. The van der Waals surface area contributed by atoms with Gasteiger partial charge in [0, 0.05) is 163 Å². The van der Waals surface area contributed by atoms with E-state index in [4.69, 9.17) is 103 Å². The number of halogens is 1. The number of carbonyl (C=O) groups excluding carboxylic acids is 6. The number of amides is 5. The van der Waals surface area contributed by atoms with Crippen LogP contribution in [0.2, 0.25) is 0 Å². The van der Waals surface area contributed by atoms with Crippen molar-refractivity contribution >= 4 is 47.3 Å². The predicted octanol–water partition coefficient (Wildman–Crippen LogP) is 5.22. The molecule has 0 atom stereocenters. The van der Waals surface area contributed by atoms with Gasteiger partial charge in [-0.05, 0) is 51.0 Å². The van der Waals surface area contributed by atoms with Crippen molar-refractivity contribution in [3.63, 3.8) is 0 Å². The number of pyridine rings is 1. The molecule has 125 heavy (non-hydrogen) atoms. The molecule has 0 aliphatic carbocycles. The Hall–Kier alpha value is -10.3. The van der Waals surface area contributed by atoms with Crippen LogP contribution in [-0.4, -0.2) is 301 Å². The van der Waals surface area contributed by atoms with Crippen LogP contribution in [0.5, 0.6) is 0 Å². The van der Waals surface area contributed by atoms with E-state index in [-0.39, 0.29) is 44.8 Å². The van der Waals surface area contributed by atoms with E-state index in [1.165, 1.54) is 18.2 Å². The highest BCUT2D eigenvalue weighted by Crippen LogP contribution is 2.11. The number of ether oxygens (including phenoxy) is 11. The van der Waals surface area contributed by atoms with Gasteiger partial charge in [-0.1, -0.05) is 188 Å². The molecular formula is C89H133ClN16O19. The second kappa shape index (κ2) is 73.0. The zero-order valence-corrected chi connectivity index (χ0v) is 72.8. The summed E-state index contributed by atoms with van der Waals surface area (Å²) in [6.45, 7) is 22.6. The zero-order valence-electron chi connectivity index (χ0n) is 72.0. The van der Waals surface area contributed by atoms with Crippen molar-refractivity contribution < 1.29 is 85.7 Å². The first kappa shape index (κ1) is 107. The minimum atomic E-state index is -0.735. The lowest BCUT2D eigenvalue weighted by molar-refractivity contribution is 0.0313. The van der Waals surface area contributed by atoms with Gasteiger partial charge in [0.1, 0.15) is 45.3 Å². The summed E-state index contributed by atoms with van der Waals surface area (Å²) in [6.07, 6.45) is -2.27. The van der Waals surface area contributed by atoms with Crippen LogP contribution in [0.3, 0.4) is 0 Å². The van der Waals surface area contributed by atoms with Crippen molar-refractivity contribution in [2.24, 2.45) is 34.4 Å². The molecule has 35 nitrogen and oxygen atoms in total. The Morgan fingerprint density at radius 3 is 0.808 bits per heavy atom. The van der Waals surface area contributed by atoms with Gasteiger partial charge in [-0.25, -0.2) is 24.0 Å². The van der Waals surface area contributed by atoms with E-state index in [0.29, 0.717) is 191 Å². The first-order chi connectivity index (χ1) is 61.2. The smallest absolute Gasteiger partial charge is 0.410 e. The second-order valence-electron chi connectivity index (χ2n) is 27.3. The Labute approximate surface area is 740 Å². The van der Waals surface area contributed by atoms with Gasteiger partial charge in [-0.2, -0.15) is 0 Å². The highest BCUT2D eigenvalue weighted by atomic mass is 35.5. The van der Waals surface area contributed by atoms with Crippen molar-refractivity contribution in [1.29, 1.82) is 0 Å². The molecule has 0 unspecified atom stereocenters. The van der Waals surface area contributed by atoms with Gasteiger partial charge in [-0.3, -0.25) is 29.2 Å². The Bertz CT molecular complexity index is 3610. The molecule has 36 heteroatoms. The molecule has 1 saturated heterocycles. The van der Waals surface area contributed by atoms with Crippen molar-refractivity contribution in [1.82, 2.24) is 50.5 Å². The van der Waals surface area contributed by atoms with Crippen LogP contribution in [0.15, 0.2) is 205 Å². The van der Waals surface area contributed by atoms with Crippen molar-refractivity contribution in [2.75, 3.05) is 236 Å². The number of aromatic nitrogens is 1. The van der Waals surface area contributed by atoms with Gasteiger partial charge < -0.3 is 118 Å². The highest BCUT2D eigenvalue weighted by molar-refractivity contribution is 6.67. The number of nitrogens with two attached hydrogens (primary N) is 6.